The molecule has 0 saturated heterocycles. The largest absolute Gasteiger partial charge is 1.00 e. The zero-order valence-corrected chi connectivity index (χ0v) is 19.8. The standard InChI is InChI=1S/C19H22O4.2Na/c1-10(2)13-6-5-11(3)18-14(8-13)12(4)7-15(18)16(19(22)23)9-17(20)21;;/h5-8,10,16H,9H2,1-4H3,(H,20,21)(H,22,23);;/q;2*+1/p-2. The Balaban J connectivity index is 0.00000288. The van der Waals surface area contributed by atoms with Gasteiger partial charge in [-0.3, -0.25) is 0 Å². The molecule has 0 aromatic rings. The summed E-state index contributed by atoms with van der Waals surface area (Å²) in [5, 5.41) is 22.4. The molecule has 0 aromatic carbocycles. The second kappa shape index (κ2) is 10.1. The van der Waals surface area contributed by atoms with E-state index in [1.807, 2.05) is 26.0 Å². The summed E-state index contributed by atoms with van der Waals surface area (Å²) in [5.74, 6) is -3.66. The normalized spacial score (nSPS) is 11.6. The van der Waals surface area contributed by atoms with Crippen LogP contribution in [0.15, 0.2) is 24.3 Å². The Kier molecular flexibility index (Phi) is 9.95. The molecule has 0 amide bonds. The molecule has 1 atom stereocenters. The van der Waals surface area contributed by atoms with Gasteiger partial charge in [-0.1, -0.05) is 38.1 Å². The van der Waals surface area contributed by atoms with Gasteiger partial charge in [0.2, 0.25) is 0 Å². The van der Waals surface area contributed by atoms with Crippen molar-refractivity contribution in [3.8, 4) is 11.1 Å². The maximum Gasteiger partial charge on any atom is 1.00 e. The number of aliphatic carboxylic acids is 2. The molecule has 1 unspecified atom stereocenters. The molecule has 4 nitrogen and oxygen atoms in total. The molecular formula is C19H20Na2O4. The average molecular weight is 358 g/mol. The van der Waals surface area contributed by atoms with Crippen molar-refractivity contribution in [2.24, 2.45) is 0 Å². The monoisotopic (exact) mass is 358 g/mol. The van der Waals surface area contributed by atoms with Crippen molar-refractivity contribution in [2.75, 3.05) is 0 Å². The Labute approximate surface area is 192 Å². The SMILES string of the molecule is Cc1cc(C(CC(=O)[O-])C(=O)[O-])c2c(C)ccc(C(C)C)cc1-2.[Na+].[Na+]. The molecule has 0 N–H and O–H groups in total. The first kappa shape index (κ1) is 24.6. The predicted octanol–water partition coefficient (Wildman–Crippen LogP) is -4.49. The molecule has 25 heavy (non-hydrogen) atoms. The van der Waals surface area contributed by atoms with Crippen LogP contribution in [-0.2, 0) is 9.59 Å². The molecule has 2 rings (SSSR count). The molecule has 0 aromatic heterocycles. The van der Waals surface area contributed by atoms with Gasteiger partial charge in [-0.2, -0.15) is 0 Å². The summed E-state index contributed by atoms with van der Waals surface area (Å²) in [5.41, 5.74) is 5.24. The minimum atomic E-state index is -1.40. The number of hydrogen-bond donors (Lipinski definition) is 0. The fourth-order valence-electron chi connectivity index (χ4n) is 3.00. The van der Waals surface area contributed by atoms with E-state index in [0.29, 0.717) is 11.5 Å². The van der Waals surface area contributed by atoms with E-state index in [-0.39, 0.29) is 59.1 Å². The minimum Gasteiger partial charge on any atom is -0.550 e. The van der Waals surface area contributed by atoms with Gasteiger partial charge in [0.1, 0.15) is 0 Å². The molecule has 2 aliphatic rings. The molecule has 0 aliphatic heterocycles. The van der Waals surface area contributed by atoms with E-state index in [1.54, 1.807) is 6.07 Å². The van der Waals surface area contributed by atoms with Crippen LogP contribution >= 0.6 is 0 Å². The van der Waals surface area contributed by atoms with Crippen LogP contribution in [0.25, 0.3) is 11.1 Å². The van der Waals surface area contributed by atoms with Gasteiger partial charge in [0.05, 0.1) is 0 Å². The first-order chi connectivity index (χ1) is 10.7. The molecule has 0 spiro atoms. The van der Waals surface area contributed by atoms with Gasteiger partial charge in [-0.15, -0.1) is 0 Å². The van der Waals surface area contributed by atoms with Gasteiger partial charge >= 0.3 is 59.1 Å². The molecular weight excluding hydrogens is 338 g/mol. The number of carboxylic acid groups (broad SMARTS) is 2. The Hall–Kier alpha value is -0.360. The van der Waals surface area contributed by atoms with Gasteiger partial charge in [0, 0.05) is 17.9 Å². The Bertz CT molecular complexity index is 741. The van der Waals surface area contributed by atoms with E-state index in [9.17, 15) is 19.8 Å². The third kappa shape index (κ3) is 5.56. The third-order valence-electron chi connectivity index (χ3n) is 4.28. The smallest absolute Gasteiger partial charge is 0.550 e. The molecule has 122 valence electrons. The van der Waals surface area contributed by atoms with Crippen molar-refractivity contribution in [2.45, 2.75) is 46.0 Å². The van der Waals surface area contributed by atoms with Crippen LogP contribution in [0.1, 0.15) is 54.4 Å². The summed E-state index contributed by atoms with van der Waals surface area (Å²) in [7, 11) is 0. The molecule has 0 radical (unpaired) electrons. The maximum absolute atomic E-state index is 11.5. The second-order valence-corrected chi connectivity index (χ2v) is 6.33. The second-order valence-electron chi connectivity index (χ2n) is 6.33. The summed E-state index contributed by atoms with van der Waals surface area (Å²) in [6.45, 7) is 7.99. The summed E-state index contributed by atoms with van der Waals surface area (Å²) >= 11 is 0. The van der Waals surface area contributed by atoms with Crippen LogP contribution in [0.2, 0.25) is 0 Å². The number of carboxylic acids is 2. The molecule has 0 heterocycles. The number of carbonyl (C=O) groups is 2. The number of rotatable bonds is 5. The van der Waals surface area contributed by atoms with Crippen molar-refractivity contribution in [3.05, 3.63) is 46.5 Å². The van der Waals surface area contributed by atoms with Crippen molar-refractivity contribution in [1.29, 1.82) is 0 Å². The zero-order valence-electron chi connectivity index (χ0n) is 15.8. The van der Waals surface area contributed by atoms with E-state index in [1.165, 1.54) is 0 Å². The van der Waals surface area contributed by atoms with E-state index in [2.05, 4.69) is 19.9 Å². The van der Waals surface area contributed by atoms with E-state index >= 15 is 0 Å². The van der Waals surface area contributed by atoms with Gasteiger partial charge in [-0.25, -0.2) is 0 Å². The summed E-state index contributed by atoms with van der Waals surface area (Å²) < 4.78 is 0. The first-order valence-electron chi connectivity index (χ1n) is 7.66. The van der Waals surface area contributed by atoms with Crippen molar-refractivity contribution in [1.82, 2.24) is 0 Å². The summed E-state index contributed by atoms with van der Waals surface area (Å²) in [6, 6.07) is 7.78. The van der Waals surface area contributed by atoms with Gasteiger partial charge in [-0.05, 0) is 59.6 Å². The molecule has 0 bridgehead atoms. The van der Waals surface area contributed by atoms with Gasteiger partial charge in [0.25, 0.3) is 0 Å². The van der Waals surface area contributed by atoms with Crippen LogP contribution in [0.5, 0.6) is 0 Å². The maximum atomic E-state index is 11.5. The fraction of sp³-hybridized carbons (Fsp3) is 0.368. The number of carbonyl (C=O) groups excluding carboxylic acids is 2. The molecule has 6 heteroatoms. The molecule has 2 aliphatic carbocycles. The minimum absolute atomic E-state index is 0. The number of fused-ring (bicyclic) bond motifs is 1. The van der Waals surface area contributed by atoms with E-state index in [0.717, 1.165) is 27.8 Å². The van der Waals surface area contributed by atoms with Crippen molar-refractivity contribution in [3.63, 3.8) is 0 Å². The van der Waals surface area contributed by atoms with E-state index in [4.69, 9.17) is 0 Å². The van der Waals surface area contributed by atoms with Crippen molar-refractivity contribution >= 4 is 11.9 Å². The molecule has 0 fully saturated rings. The number of aryl methyl sites for hydroxylation is 2. The first-order valence-corrected chi connectivity index (χ1v) is 7.66. The summed E-state index contributed by atoms with van der Waals surface area (Å²) in [4.78, 5) is 22.4. The molecule has 0 saturated carbocycles. The fourth-order valence-corrected chi connectivity index (χ4v) is 3.00. The van der Waals surface area contributed by atoms with Crippen LogP contribution in [0, 0.1) is 13.8 Å². The quantitative estimate of drug-likeness (QED) is 0.505. The Morgan fingerprint density at radius 3 is 2.08 bits per heavy atom. The van der Waals surface area contributed by atoms with Crippen LogP contribution in [-0.4, -0.2) is 11.9 Å². The summed E-state index contributed by atoms with van der Waals surface area (Å²) in [6.07, 6.45) is -0.587. The van der Waals surface area contributed by atoms with Crippen LogP contribution in [0.4, 0.5) is 0 Å². The van der Waals surface area contributed by atoms with E-state index < -0.39 is 24.3 Å². The van der Waals surface area contributed by atoms with Crippen LogP contribution < -0.4 is 69.3 Å². The number of hydrogen-bond acceptors (Lipinski definition) is 4. The van der Waals surface area contributed by atoms with Gasteiger partial charge in [0.15, 0.2) is 0 Å². The average Bonchev–Trinajstić information content (AvgIpc) is 2.64. The third-order valence-corrected chi connectivity index (χ3v) is 4.28. The zero-order chi connectivity index (χ0) is 17.3. The predicted molar refractivity (Wildman–Crippen MR) is 84.0 cm³/mol. The van der Waals surface area contributed by atoms with Crippen LogP contribution in [0.3, 0.4) is 0 Å². The Morgan fingerprint density at radius 1 is 1.00 bits per heavy atom. The van der Waals surface area contributed by atoms with Crippen molar-refractivity contribution < 1.29 is 78.9 Å². The topological polar surface area (TPSA) is 80.3 Å². The van der Waals surface area contributed by atoms with Gasteiger partial charge < -0.3 is 19.8 Å². The Morgan fingerprint density at radius 2 is 1.60 bits per heavy atom.